The Labute approximate surface area is 236 Å². The lowest BCUT2D eigenvalue weighted by atomic mass is 10.1. The Hall–Kier alpha value is -5.25. The molecule has 10 heteroatoms. The number of hydrogen-bond acceptors (Lipinski definition) is 8. The molecular weight excluding hydrogens is 520 g/mol. The van der Waals surface area contributed by atoms with Gasteiger partial charge in [0, 0.05) is 61.0 Å². The van der Waals surface area contributed by atoms with E-state index in [1.54, 1.807) is 61.6 Å². The summed E-state index contributed by atoms with van der Waals surface area (Å²) in [5.74, 6) is 0.616. The molecular formula is C31H28N6O4. The molecule has 0 radical (unpaired) electrons. The molecule has 1 aliphatic rings. The summed E-state index contributed by atoms with van der Waals surface area (Å²) >= 11 is 0. The number of hydrogen-bond donors (Lipinski definition) is 0. The topological polar surface area (TPSA) is 103 Å². The number of rotatable bonds is 8. The average molecular weight is 549 g/mol. The van der Waals surface area contributed by atoms with Crippen molar-refractivity contribution in [3.05, 3.63) is 90.4 Å². The Kier molecular flexibility index (Phi) is 6.58. The first-order valence-corrected chi connectivity index (χ1v) is 13.1. The molecule has 0 N–H and O–H groups in total. The van der Waals surface area contributed by atoms with E-state index in [1.807, 2.05) is 55.4 Å². The van der Waals surface area contributed by atoms with E-state index in [0.29, 0.717) is 33.8 Å². The van der Waals surface area contributed by atoms with Crippen LogP contribution in [0.5, 0.6) is 11.5 Å². The summed E-state index contributed by atoms with van der Waals surface area (Å²) in [6, 6.07) is 18.0. The van der Waals surface area contributed by atoms with Crippen molar-refractivity contribution in [2.24, 2.45) is 7.05 Å². The van der Waals surface area contributed by atoms with Crippen LogP contribution in [0.3, 0.4) is 0 Å². The van der Waals surface area contributed by atoms with E-state index in [4.69, 9.17) is 14.5 Å². The van der Waals surface area contributed by atoms with Crippen LogP contribution in [0.4, 0.5) is 11.4 Å². The molecule has 206 valence electrons. The van der Waals surface area contributed by atoms with Gasteiger partial charge in [0.25, 0.3) is 11.8 Å². The number of anilines is 2. The van der Waals surface area contributed by atoms with Crippen LogP contribution in [0, 0.1) is 0 Å². The molecule has 6 rings (SSSR count). The van der Waals surface area contributed by atoms with Crippen molar-refractivity contribution in [2.75, 3.05) is 25.7 Å². The second-order valence-corrected chi connectivity index (χ2v) is 9.89. The second-order valence-electron chi connectivity index (χ2n) is 9.89. The van der Waals surface area contributed by atoms with Gasteiger partial charge in [-0.25, -0.2) is 4.98 Å². The SMILES string of the molecule is COc1cc(OC)cc(N(c2ccc3ncc(-c4cnn(C)c4)nc3c2)C(C)CN2C(=O)c3ccccc3C2=O)c1. The van der Waals surface area contributed by atoms with Crippen molar-refractivity contribution in [1.29, 1.82) is 0 Å². The maximum atomic E-state index is 13.2. The van der Waals surface area contributed by atoms with Crippen molar-refractivity contribution in [3.63, 3.8) is 0 Å². The summed E-state index contributed by atoms with van der Waals surface area (Å²) in [5, 5.41) is 4.25. The van der Waals surface area contributed by atoms with E-state index >= 15 is 0 Å². The molecule has 0 saturated carbocycles. The first kappa shape index (κ1) is 26.0. The molecule has 1 unspecified atom stereocenters. The van der Waals surface area contributed by atoms with E-state index in [1.165, 1.54) is 4.90 Å². The lowest BCUT2D eigenvalue weighted by molar-refractivity contribution is 0.0647. The zero-order valence-electron chi connectivity index (χ0n) is 23.1. The molecule has 0 fully saturated rings. The molecule has 0 spiro atoms. The highest BCUT2D eigenvalue weighted by Gasteiger charge is 2.37. The minimum Gasteiger partial charge on any atom is -0.497 e. The number of carbonyl (C=O) groups excluding carboxylic acids is 2. The number of benzene rings is 3. The highest BCUT2D eigenvalue weighted by Crippen LogP contribution is 2.36. The predicted molar refractivity (Wildman–Crippen MR) is 155 cm³/mol. The lowest BCUT2D eigenvalue weighted by Gasteiger charge is -2.34. The van der Waals surface area contributed by atoms with Gasteiger partial charge in [0.2, 0.25) is 0 Å². The van der Waals surface area contributed by atoms with Gasteiger partial charge < -0.3 is 14.4 Å². The quantitative estimate of drug-likeness (QED) is 0.253. The zero-order valence-corrected chi connectivity index (χ0v) is 23.1. The van der Waals surface area contributed by atoms with E-state index < -0.39 is 0 Å². The van der Waals surface area contributed by atoms with Gasteiger partial charge in [0.05, 0.1) is 54.5 Å². The number of aromatic nitrogens is 4. The van der Waals surface area contributed by atoms with Crippen LogP contribution in [-0.2, 0) is 7.05 Å². The van der Waals surface area contributed by atoms with Crippen molar-refractivity contribution >= 4 is 34.2 Å². The minimum absolute atomic E-state index is 0.158. The molecule has 1 atom stereocenters. The standard InChI is InChI=1S/C31H28N6O4/c1-19(17-36-30(38)25-7-5-6-8-26(25)31(36)39)37(22-11-23(40-3)14-24(12-22)41-4)21-9-10-27-28(13-21)34-29(16-32-27)20-15-33-35(2)18-20/h5-16,18-19H,17H2,1-4H3. The number of imide groups is 1. The summed E-state index contributed by atoms with van der Waals surface area (Å²) in [6.07, 6.45) is 5.37. The minimum atomic E-state index is -0.332. The van der Waals surface area contributed by atoms with Gasteiger partial charge in [-0.3, -0.25) is 24.2 Å². The van der Waals surface area contributed by atoms with E-state index in [9.17, 15) is 9.59 Å². The Bertz CT molecular complexity index is 1740. The number of methoxy groups -OCH3 is 2. The maximum absolute atomic E-state index is 13.2. The third-order valence-electron chi connectivity index (χ3n) is 7.18. The largest absolute Gasteiger partial charge is 0.497 e. The number of fused-ring (bicyclic) bond motifs is 2. The summed E-state index contributed by atoms with van der Waals surface area (Å²) in [5.41, 5.74) is 5.40. The van der Waals surface area contributed by atoms with E-state index in [0.717, 1.165) is 22.5 Å². The van der Waals surface area contributed by atoms with Gasteiger partial charge in [-0.1, -0.05) is 12.1 Å². The number of carbonyl (C=O) groups is 2. The van der Waals surface area contributed by atoms with E-state index in [-0.39, 0.29) is 24.4 Å². The molecule has 10 nitrogen and oxygen atoms in total. The van der Waals surface area contributed by atoms with Gasteiger partial charge in [0.15, 0.2) is 0 Å². The smallest absolute Gasteiger partial charge is 0.261 e. The molecule has 0 bridgehead atoms. The number of aryl methyl sites for hydroxylation is 1. The highest BCUT2D eigenvalue weighted by atomic mass is 16.5. The van der Waals surface area contributed by atoms with Crippen LogP contribution < -0.4 is 14.4 Å². The zero-order chi connectivity index (χ0) is 28.7. The number of amides is 2. The lowest BCUT2D eigenvalue weighted by Crippen LogP contribution is -2.42. The number of ether oxygens (including phenoxy) is 2. The highest BCUT2D eigenvalue weighted by molar-refractivity contribution is 6.21. The molecule has 2 amide bonds. The van der Waals surface area contributed by atoms with Gasteiger partial charge in [-0.05, 0) is 37.3 Å². The van der Waals surface area contributed by atoms with Crippen molar-refractivity contribution < 1.29 is 19.1 Å². The second kappa shape index (κ2) is 10.4. The van der Waals surface area contributed by atoms with Crippen LogP contribution in [0.2, 0.25) is 0 Å². The first-order chi connectivity index (χ1) is 19.9. The molecule has 2 aromatic heterocycles. The summed E-state index contributed by atoms with van der Waals surface area (Å²) in [6.45, 7) is 2.13. The van der Waals surface area contributed by atoms with Gasteiger partial charge in [-0.2, -0.15) is 5.10 Å². The van der Waals surface area contributed by atoms with Crippen LogP contribution >= 0.6 is 0 Å². The average Bonchev–Trinajstić information content (AvgIpc) is 3.53. The Morgan fingerprint density at radius 1 is 0.854 bits per heavy atom. The van der Waals surface area contributed by atoms with Crippen molar-refractivity contribution in [3.8, 4) is 22.8 Å². The third-order valence-corrected chi connectivity index (χ3v) is 7.18. The molecule has 5 aromatic rings. The summed E-state index contributed by atoms with van der Waals surface area (Å²) in [4.78, 5) is 39.2. The van der Waals surface area contributed by atoms with E-state index in [2.05, 4.69) is 10.1 Å². The molecule has 41 heavy (non-hydrogen) atoms. The fourth-order valence-corrected chi connectivity index (χ4v) is 5.18. The predicted octanol–water partition coefficient (Wildman–Crippen LogP) is 4.87. The Morgan fingerprint density at radius 2 is 1.54 bits per heavy atom. The fourth-order valence-electron chi connectivity index (χ4n) is 5.18. The molecule has 0 aliphatic carbocycles. The maximum Gasteiger partial charge on any atom is 0.261 e. The Balaban J connectivity index is 1.43. The molecule has 3 aromatic carbocycles. The third kappa shape index (κ3) is 4.73. The van der Waals surface area contributed by atoms with Crippen LogP contribution in [-0.4, -0.2) is 63.3 Å². The first-order valence-electron chi connectivity index (χ1n) is 13.1. The van der Waals surface area contributed by atoms with Crippen LogP contribution in [0.25, 0.3) is 22.3 Å². The van der Waals surface area contributed by atoms with Gasteiger partial charge in [-0.15, -0.1) is 0 Å². The van der Waals surface area contributed by atoms with Gasteiger partial charge >= 0.3 is 0 Å². The summed E-state index contributed by atoms with van der Waals surface area (Å²) in [7, 11) is 5.04. The van der Waals surface area contributed by atoms with Crippen molar-refractivity contribution in [2.45, 2.75) is 13.0 Å². The fraction of sp³-hybridized carbons (Fsp3) is 0.194. The van der Waals surface area contributed by atoms with Crippen LogP contribution in [0.1, 0.15) is 27.6 Å². The monoisotopic (exact) mass is 548 g/mol. The van der Waals surface area contributed by atoms with Crippen LogP contribution in [0.15, 0.2) is 79.3 Å². The normalized spacial score (nSPS) is 13.4. The molecule has 3 heterocycles. The molecule has 1 aliphatic heterocycles. The van der Waals surface area contributed by atoms with Crippen molar-refractivity contribution in [1.82, 2.24) is 24.6 Å². The Morgan fingerprint density at radius 3 is 2.15 bits per heavy atom. The number of nitrogens with zero attached hydrogens (tertiary/aromatic N) is 6. The van der Waals surface area contributed by atoms with Gasteiger partial charge in [0.1, 0.15) is 11.5 Å². The summed E-state index contributed by atoms with van der Waals surface area (Å²) < 4.78 is 12.8. The molecule has 0 saturated heterocycles.